The quantitative estimate of drug-likeness (QED) is 0.855. The van der Waals surface area contributed by atoms with Gasteiger partial charge in [0, 0.05) is 30.6 Å². The monoisotopic (exact) mass is 381 g/mol. The van der Waals surface area contributed by atoms with Crippen LogP contribution < -0.4 is 11.1 Å². The topological polar surface area (TPSA) is 77.5 Å². The smallest absolute Gasteiger partial charge is 0.304 e. The van der Waals surface area contributed by atoms with Crippen LogP contribution in [0.4, 0.5) is 24.7 Å². The van der Waals surface area contributed by atoms with Gasteiger partial charge in [0.25, 0.3) is 0 Å². The average molecular weight is 381 g/mol. The normalized spacial score (nSPS) is 24.2. The lowest BCUT2D eigenvalue weighted by Gasteiger charge is -2.42. The highest BCUT2D eigenvalue weighted by molar-refractivity contribution is 5.82. The van der Waals surface area contributed by atoms with Crippen LogP contribution in [-0.2, 0) is 17.3 Å². The summed E-state index contributed by atoms with van der Waals surface area (Å²) in [4.78, 5) is 3.97. The zero-order chi connectivity index (χ0) is 20.0. The molecule has 1 aromatic heterocycles. The van der Waals surface area contributed by atoms with E-state index in [2.05, 4.69) is 15.4 Å². The molecule has 2 aromatic rings. The van der Waals surface area contributed by atoms with Crippen molar-refractivity contribution in [2.45, 2.75) is 37.8 Å². The zero-order valence-electron chi connectivity index (χ0n) is 15.6. The van der Waals surface area contributed by atoms with E-state index >= 15 is 8.78 Å². The Kier molecular flexibility index (Phi) is 4.46. The fraction of sp³-hybridized carbons (Fsp3) is 0.444. The molecule has 1 atom stereocenters. The van der Waals surface area contributed by atoms with Crippen LogP contribution in [0.5, 0.6) is 0 Å². The summed E-state index contributed by atoms with van der Waals surface area (Å²) in [7, 11) is 1.74. The first-order valence-electron chi connectivity index (χ1n) is 8.39. The number of aliphatic imine (C=N–C) groups is 1. The summed E-state index contributed by atoms with van der Waals surface area (Å²) in [5.74, 6) is -3.96. The molecule has 3 rings (SSSR count). The van der Waals surface area contributed by atoms with Gasteiger partial charge in [0.05, 0.1) is 0 Å². The minimum Gasteiger partial charge on any atom is -0.385 e. The molecular weight excluding hydrogens is 359 g/mol. The van der Waals surface area contributed by atoms with E-state index in [9.17, 15) is 4.39 Å². The van der Waals surface area contributed by atoms with Crippen LogP contribution in [0.1, 0.15) is 26.3 Å². The Labute approximate surface area is 155 Å². The molecule has 0 fully saturated rings. The van der Waals surface area contributed by atoms with E-state index in [1.165, 1.54) is 32.9 Å². The molecule has 2 heterocycles. The molecule has 1 aliphatic rings. The van der Waals surface area contributed by atoms with Crippen LogP contribution in [0, 0.1) is 5.82 Å². The van der Waals surface area contributed by atoms with E-state index in [4.69, 9.17) is 10.5 Å². The maximum atomic E-state index is 15.4. The number of rotatable bonds is 3. The van der Waals surface area contributed by atoms with Gasteiger partial charge >= 0.3 is 5.92 Å². The Morgan fingerprint density at radius 1 is 1.22 bits per heavy atom. The second kappa shape index (κ2) is 6.26. The van der Waals surface area contributed by atoms with Gasteiger partial charge < -0.3 is 15.8 Å². The Hall–Kier alpha value is -2.55. The number of halogens is 3. The highest BCUT2D eigenvalue weighted by atomic mass is 19.3. The van der Waals surface area contributed by atoms with Crippen molar-refractivity contribution in [1.29, 1.82) is 0 Å². The predicted octanol–water partition coefficient (Wildman–Crippen LogP) is 3.32. The maximum Gasteiger partial charge on any atom is 0.304 e. The molecular formula is C18H22F3N5O. The fourth-order valence-corrected chi connectivity index (χ4v) is 3.16. The molecule has 1 aromatic carbocycles. The first-order valence-corrected chi connectivity index (χ1v) is 8.39. The van der Waals surface area contributed by atoms with Gasteiger partial charge in [-0.15, -0.1) is 0 Å². The van der Waals surface area contributed by atoms with E-state index in [0.717, 1.165) is 6.07 Å². The number of nitrogens with one attached hydrogen (secondary N) is 1. The molecule has 1 unspecified atom stereocenters. The molecule has 0 radical (unpaired) electrons. The SMILES string of the molecule is Cn1ccc(Nc2ccc(F)c(C3(C)N=C(N)COC(C)(C)C3(F)F)c2)n1. The summed E-state index contributed by atoms with van der Waals surface area (Å²) in [6.45, 7) is 3.39. The average Bonchev–Trinajstić information content (AvgIpc) is 2.96. The molecule has 3 N–H and O–H groups in total. The number of ether oxygens (including phenoxy) is 1. The number of hydrogen-bond donors (Lipinski definition) is 2. The predicted molar refractivity (Wildman–Crippen MR) is 96.8 cm³/mol. The number of nitrogens with two attached hydrogens (primary N) is 1. The highest BCUT2D eigenvalue weighted by Gasteiger charge is 2.63. The molecule has 0 saturated carbocycles. The van der Waals surface area contributed by atoms with Crippen molar-refractivity contribution in [2.24, 2.45) is 17.8 Å². The number of alkyl halides is 2. The Balaban J connectivity index is 2.12. The molecule has 27 heavy (non-hydrogen) atoms. The first kappa shape index (κ1) is 19.2. The van der Waals surface area contributed by atoms with Gasteiger partial charge in [-0.25, -0.2) is 13.2 Å². The molecule has 0 saturated heterocycles. The zero-order valence-corrected chi connectivity index (χ0v) is 15.6. The third-order valence-electron chi connectivity index (χ3n) is 4.79. The second-order valence-corrected chi connectivity index (χ2v) is 7.24. The summed E-state index contributed by atoms with van der Waals surface area (Å²) >= 11 is 0. The number of benzene rings is 1. The molecule has 9 heteroatoms. The standard InChI is InChI=1S/C18H22F3N5O/c1-16(2)18(20,21)17(3,24-14(22)10-27-16)12-9-11(5-6-13(12)19)23-15-7-8-26(4)25-15/h5-9H,10H2,1-4H3,(H2,22,24)(H,23,25). The van der Waals surface area contributed by atoms with Crippen LogP contribution in [0.25, 0.3) is 0 Å². The maximum absolute atomic E-state index is 15.4. The van der Waals surface area contributed by atoms with Crippen molar-refractivity contribution in [2.75, 3.05) is 11.9 Å². The fourth-order valence-electron chi connectivity index (χ4n) is 3.16. The molecule has 0 bridgehead atoms. The number of anilines is 2. The Morgan fingerprint density at radius 2 is 1.93 bits per heavy atom. The third-order valence-corrected chi connectivity index (χ3v) is 4.79. The van der Waals surface area contributed by atoms with Gasteiger partial charge in [0.15, 0.2) is 11.4 Å². The third kappa shape index (κ3) is 3.16. The minimum atomic E-state index is -3.54. The summed E-state index contributed by atoms with van der Waals surface area (Å²) in [6, 6.07) is 5.57. The van der Waals surface area contributed by atoms with Gasteiger partial charge in [-0.1, -0.05) is 0 Å². The number of nitrogens with zero attached hydrogens (tertiary/aromatic N) is 3. The van der Waals surface area contributed by atoms with Crippen molar-refractivity contribution in [3.8, 4) is 0 Å². The summed E-state index contributed by atoms with van der Waals surface area (Å²) in [5, 5.41) is 7.13. The van der Waals surface area contributed by atoms with Crippen LogP contribution >= 0.6 is 0 Å². The molecule has 0 spiro atoms. The van der Waals surface area contributed by atoms with Crippen LogP contribution in [0.3, 0.4) is 0 Å². The Morgan fingerprint density at radius 3 is 2.56 bits per heavy atom. The van der Waals surface area contributed by atoms with E-state index in [-0.39, 0.29) is 18.0 Å². The largest absolute Gasteiger partial charge is 0.385 e. The van der Waals surface area contributed by atoms with E-state index in [1.807, 2.05) is 0 Å². The summed E-state index contributed by atoms with van der Waals surface area (Å²) < 4.78 is 52.3. The van der Waals surface area contributed by atoms with Gasteiger partial charge in [-0.2, -0.15) is 5.10 Å². The molecule has 1 aliphatic heterocycles. The molecule has 0 aliphatic carbocycles. The van der Waals surface area contributed by atoms with Crippen molar-refractivity contribution in [3.63, 3.8) is 0 Å². The highest BCUT2D eigenvalue weighted by Crippen LogP contribution is 2.50. The van der Waals surface area contributed by atoms with E-state index < -0.39 is 22.9 Å². The van der Waals surface area contributed by atoms with Crippen molar-refractivity contribution in [1.82, 2.24) is 9.78 Å². The number of aromatic nitrogens is 2. The lowest BCUT2D eigenvalue weighted by molar-refractivity contribution is -0.214. The van der Waals surface area contributed by atoms with Crippen molar-refractivity contribution >= 4 is 17.3 Å². The van der Waals surface area contributed by atoms with Crippen LogP contribution in [0.15, 0.2) is 35.5 Å². The first-order chi connectivity index (χ1) is 12.5. The number of amidine groups is 1. The second-order valence-electron chi connectivity index (χ2n) is 7.24. The van der Waals surface area contributed by atoms with Gasteiger partial charge in [0.1, 0.15) is 23.9 Å². The van der Waals surface area contributed by atoms with E-state index in [0.29, 0.717) is 11.5 Å². The van der Waals surface area contributed by atoms with Crippen molar-refractivity contribution in [3.05, 3.63) is 41.8 Å². The van der Waals surface area contributed by atoms with Gasteiger partial charge in [-0.3, -0.25) is 9.67 Å². The Bertz CT molecular complexity index is 893. The van der Waals surface area contributed by atoms with Crippen LogP contribution in [-0.4, -0.2) is 33.7 Å². The molecule has 146 valence electrons. The summed E-state index contributed by atoms with van der Waals surface area (Å²) in [6.07, 6.45) is 1.72. The molecule has 6 nitrogen and oxygen atoms in total. The van der Waals surface area contributed by atoms with Crippen molar-refractivity contribution < 1.29 is 17.9 Å². The number of aryl methyl sites for hydroxylation is 1. The lowest BCUT2D eigenvalue weighted by Crippen LogP contribution is -2.56. The van der Waals surface area contributed by atoms with Gasteiger partial charge in [-0.05, 0) is 39.0 Å². The summed E-state index contributed by atoms with van der Waals surface area (Å²) in [5.41, 5.74) is 1.72. The van der Waals surface area contributed by atoms with Crippen LogP contribution in [0.2, 0.25) is 0 Å². The van der Waals surface area contributed by atoms with E-state index in [1.54, 1.807) is 24.0 Å². The molecule has 0 amide bonds. The minimum absolute atomic E-state index is 0.120. The van der Waals surface area contributed by atoms with Gasteiger partial charge in [0.2, 0.25) is 0 Å². The lowest BCUT2D eigenvalue weighted by atomic mass is 9.78. The number of hydrogen-bond acceptors (Lipinski definition) is 5.